The average Bonchev–Trinajstić information content (AvgIpc) is 3.54. The van der Waals surface area contributed by atoms with E-state index >= 15 is 0 Å². The average molecular weight is 532 g/mol. The van der Waals surface area contributed by atoms with E-state index in [9.17, 15) is 4.39 Å². The molecular formula is C34H34FN5. The van der Waals surface area contributed by atoms with E-state index in [1.807, 2.05) is 49.7 Å². The molecule has 0 atom stereocenters. The smallest absolute Gasteiger partial charge is 0.124 e. The third-order valence-corrected chi connectivity index (χ3v) is 7.78. The summed E-state index contributed by atoms with van der Waals surface area (Å²) < 4.78 is 14.1. The quantitative estimate of drug-likeness (QED) is 0.269. The lowest BCUT2D eigenvalue weighted by Crippen LogP contribution is -2.29. The fourth-order valence-corrected chi connectivity index (χ4v) is 5.64. The van der Waals surface area contributed by atoms with Crippen LogP contribution in [0, 0.1) is 12.7 Å². The van der Waals surface area contributed by atoms with E-state index in [4.69, 9.17) is 0 Å². The van der Waals surface area contributed by atoms with Crippen molar-refractivity contribution >= 4 is 29.1 Å². The summed E-state index contributed by atoms with van der Waals surface area (Å²) in [7, 11) is 0. The number of aromatic amines is 2. The fraction of sp³-hybridized carbons (Fsp3) is 0.235. The number of hydrogen-bond acceptors (Lipinski definition) is 3. The highest BCUT2D eigenvalue weighted by Gasteiger charge is 2.13. The molecule has 202 valence electrons. The number of nitrogens with one attached hydrogen (secondary N) is 2. The van der Waals surface area contributed by atoms with Gasteiger partial charge < -0.3 is 4.98 Å². The second-order valence-corrected chi connectivity index (χ2v) is 10.9. The molecule has 2 aromatic carbocycles. The molecule has 0 bridgehead atoms. The second kappa shape index (κ2) is 11.1. The van der Waals surface area contributed by atoms with Crippen molar-refractivity contribution in [2.45, 2.75) is 39.7 Å². The number of H-pyrrole nitrogens is 2. The maximum atomic E-state index is 14.1. The van der Waals surface area contributed by atoms with Crippen molar-refractivity contribution in [3.05, 3.63) is 100 Å². The molecule has 40 heavy (non-hydrogen) atoms. The third-order valence-electron chi connectivity index (χ3n) is 7.78. The molecule has 0 aliphatic carbocycles. The van der Waals surface area contributed by atoms with Crippen molar-refractivity contribution in [2.24, 2.45) is 0 Å². The Balaban J connectivity index is 1.28. The zero-order chi connectivity index (χ0) is 27.6. The van der Waals surface area contributed by atoms with Gasteiger partial charge in [0.05, 0.1) is 11.0 Å². The number of halogens is 1. The summed E-state index contributed by atoms with van der Waals surface area (Å²) in [6, 6.07) is 15.5. The van der Waals surface area contributed by atoms with Crippen molar-refractivity contribution in [3.63, 3.8) is 0 Å². The molecule has 1 fully saturated rings. The first kappa shape index (κ1) is 26.0. The van der Waals surface area contributed by atoms with E-state index in [-0.39, 0.29) is 5.82 Å². The number of likely N-dealkylation sites (tertiary alicyclic amines) is 1. The Hall–Kier alpha value is -4.29. The molecule has 6 heteroatoms. The van der Waals surface area contributed by atoms with Crippen LogP contribution in [0.1, 0.15) is 42.9 Å². The number of aromatic nitrogens is 4. The first-order valence-electron chi connectivity index (χ1n) is 13.9. The number of fused-ring (bicyclic) bond motifs is 1. The Kier molecular flexibility index (Phi) is 7.18. The fourth-order valence-electron chi connectivity index (χ4n) is 5.64. The van der Waals surface area contributed by atoms with Crippen LogP contribution in [-0.2, 0) is 6.54 Å². The summed E-state index contributed by atoms with van der Waals surface area (Å²) in [5.41, 5.74) is 8.82. The molecule has 0 unspecified atom stereocenters. The Bertz CT molecular complexity index is 1800. The molecule has 3 aromatic heterocycles. The predicted octanol–water partition coefficient (Wildman–Crippen LogP) is 6.35. The van der Waals surface area contributed by atoms with Gasteiger partial charge in [-0.25, -0.2) is 4.39 Å². The van der Waals surface area contributed by atoms with Crippen LogP contribution in [0.25, 0.3) is 51.6 Å². The van der Waals surface area contributed by atoms with E-state index < -0.39 is 0 Å². The van der Waals surface area contributed by atoms with Gasteiger partial charge in [0.25, 0.3) is 0 Å². The van der Waals surface area contributed by atoms with Crippen molar-refractivity contribution in [1.82, 2.24) is 25.1 Å². The van der Waals surface area contributed by atoms with E-state index in [2.05, 4.69) is 56.8 Å². The van der Waals surface area contributed by atoms with Crippen molar-refractivity contribution in [3.8, 4) is 22.5 Å². The zero-order valence-corrected chi connectivity index (χ0v) is 23.1. The molecule has 5 nitrogen and oxygen atoms in total. The number of nitrogens with zero attached hydrogens (tertiary/aromatic N) is 3. The van der Waals surface area contributed by atoms with Crippen LogP contribution < -0.4 is 10.6 Å². The normalized spacial score (nSPS) is 15.3. The number of hydrogen-bond donors (Lipinski definition) is 2. The minimum Gasteiger partial charge on any atom is -0.353 e. The lowest BCUT2D eigenvalue weighted by molar-refractivity contribution is 0.220. The van der Waals surface area contributed by atoms with Crippen LogP contribution in [-0.4, -0.2) is 38.2 Å². The molecule has 0 saturated carbocycles. The Morgan fingerprint density at radius 2 is 1.93 bits per heavy atom. The summed E-state index contributed by atoms with van der Waals surface area (Å²) in [6.07, 6.45) is 11.9. The molecule has 2 N–H and O–H groups in total. The van der Waals surface area contributed by atoms with E-state index in [1.165, 1.54) is 37.9 Å². The summed E-state index contributed by atoms with van der Waals surface area (Å²) in [5, 5.41) is 10.4. The number of pyridine rings is 1. The Labute approximate surface area is 233 Å². The van der Waals surface area contributed by atoms with Gasteiger partial charge >= 0.3 is 0 Å². The number of rotatable bonds is 6. The molecule has 4 heterocycles. The lowest BCUT2D eigenvalue weighted by atomic mass is 10.00. The van der Waals surface area contributed by atoms with Crippen LogP contribution >= 0.6 is 0 Å². The molecule has 0 amide bonds. The lowest BCUT2D eigenvalue weighted by Gasteiger charge is -2.26. The van der Waals surface area contributed by atoms with Crippen LogP contribution in [0.2, 0.25) is 0 Å². The van der Waals surface area contributed by atoms with E-state index in [0.29, 0.717) is 0 Å². The zero-order valence-electron chi connectivity index (χ0n) is 23.1. The van der Waals surface area contributed by atoms with E-state index in [1.54, 1.807) is 12.1 Å². The molecule has 1 saturated heterocycles. The maximum absolute atomic E-state index is 14.1. The third kappa shape index (κ3) is 5.40. The molecular weight excluding hydrogens is 497 g/mol. The van der Waals surface area contributed by atoms with Crippen molar-refractivity contribution < 1.29 is 4.39 Å². The van der Waals surface area contributed by atoms with Crippen LogP contribution in [0.5, 0.6) is 0 Å². The van der Waals surface area contributed by atoms with Gasteiger partial charge in [-0.1, -0.05) is 37.3 Å². The number of benzene rings is 2. The number of aryl methyl sites for hydroxylation is 1. The van der Waals surface area contributed by atoms with Crippen molar-refractivity contribution in [2.75, 3.05) is 13.1 Å². The molecule has 1 aliphatic heterocycles. The molecule has 1 aliphatic rings. The molecule has 5 aromatic rings. The highest BCUT2D eigenvalue weighted by molar-refractivity contribution is 5.98. The maximum Gasteiger partial charge on any atom is 0.124 e. The minimum absolute atomic E-state index is 0.233. The topological polar surface area (TPSA) is 60.6 Å². The summed E-state index contributed by atoms with van der Waals surface area (Å²) in [6.45, 7) is 11.6. The van der Waals surface area contributed by atoms with Gasteiger partial charge in [0.2, 0.25) is 0 Å². The second-order valence-electron chi connectivity index (χ2n) is 10.9. The standard InChI is InChI=1S/C34H34FN5/c1-22-14-26(17-28(35)15-22)29-8-7-9-32-30(29)18-33(37-32)34-24(3)31(38-39-34)11-10-23(2)27-16-25(19-36-20-27)21-40-12-5-4-6-13-40/h7-11,14-20,37-38H,3-6,12-13,21H2,1-2H3/b23-10+,31-11+. The summed E-state index contributed by atoms with van der Waals surface area (Å²) in [4.78, 5) is 10.5. The minimum atomic E-state index is -0.233. The largest absolute Gasteiger partial charge is 0.353 e. The molecule has 6 rings (SSSR count). The molecule has 0 radical (unpaired) electrons. The Morgan fingerprint density at radius 3 is 2.75 bits per heavy atom. The van der Waals surface area contributed by atoms with Crippen LogP contribution in [0.4, 0.5) is 4.39 Å². The predicted molar refractivity (Wildman–Crippen MR) is 162 cm³/mol. The monoisotopic (exact) mass is 531 g/mol. The van der Waals surface area contributed by atoms with Gasteiger partial charge in [-0.05, 0) is 110 Å². The van der Waals surface area contributed by atoms with Gasteiger partial charge in [-0.3, -0.25) is 15.0 Å². The van der Waals surface area contributed by atoms with Crippen LogP contribution in [0.3, 0.4) is 0 Å². The van der Waals surface area contributed by atoms with Gasteiger partial charge in [-0.2, -0.15) is 5.10 Å². The first-order valence-corrected chi connectivity index (χ1v) is 13.9. The van der Waals surface area contributed by atoms with E-state index in [0.717, 1.165) is 67.2 Å². The summed E-state index contributed by atoms with van der Waals surface area (Å²) in [5.74, 6) is -0.233. The number of piperidine rings is 1. The van der Waals surface area contributed by atoms with Gasteiger partial charge in [-0.15, -0.1) is 0 Å². The van der Waals surface area contributed by atoms with Gasteiger partial charge in [0.15, 0.2) is 0 Å². The highest BCUT2D eigenvalue weighted by Crippen LogP contribution is 2.32. The summed E-state index contributed by atoms with van der Waals surface area (Å²) >= 11 is 0. The van der Waals surface area contributed by atoms with Crippen LogP contribution in [0.15, 0.2) is 67.0 Å². The highest BCUT2D eigenvalue weighted by atomic mass is 19.1. The first-order chi connectivity index (χ1) is 19.4. The van der Waals surface area contributed by atoms with Gasteiger partial charge in [0, 0.05) is 35.1 Å². The molecule has 0 spiro atoms. The number of allylic oxidation sites excluding steroid dienone is 2. The van der Waals surface area contributed by atoms with Gasteiger partial charge in [0.1, 0.15) is 11.5 Å². The van der Waals surface area contributed by atoms with Crippen molar-refractivity contribution in [1.29, 1.82) is 0 Å². The SMILES string of the molecule is C=c1c(-c2cc3c(-c4cc(C)cc(F)c4)cccc3[nH]2)n[nH]/c1=C/C=C(\C)c1cncc(CN2CCCCC2)c1. The Morgan fingerprint density at radius 1 is 1.07 bits per heavy atom.